The van der Waals surface area contributed by atoms with Crippen molar-refractivity contribution in [1.29, 1.82) is 0 Å². The zero-order chi connectivity index (χ0) is 12.3. The molecule has 2 rings (SSSR count). The van der Waals surface area contributed by atoms with Crippen LogP contribution in [0.15, 0.2) is 18.3 Å². The molecule has 1 N–H and O–H groups in total. The van der Waals surface area contributed by atoms with Crippen LogP contribution < -0.4 is 4.74 Å². The molecule has 0 aliphatic carbocycles. The van der Waals surface area contributed by atoms with Crippen LogP contribution in [-0.4, -0.2) is 36.4 Å². The van der Waals surface area contributed by atoms with E-state index >= 15 is 0 Å². The van der Waals surface area contributed by atoms with Gasteiger partial charge >= 0.3 is 5.97 Å². The fraction of sp³-hybridized carbons (Fsp3) is 0.500. The van der Waals surface area contributed by atoms with Gasteiger partial charge < -0.3 is 14.6 Å². The van der Waals surface area contributed by atoms with Gasteiger partial charge in [-0.25, -0.2) is 0 Å². The van der Waals surface area contributed by atoms with Gasteiger partial charge in [0.2, 0.25) is 0 Å². The van der Waals surface area contributed by atoms with Crippen molar-refractivity contribution < 1.29 is 19.4 Å². The van der Waals surface area contributed by atoms with E-state index in [1.165, 1.54) is 0 Å². The third-order valence-corrected chi connectivity index (χ3v) is 3.21. The van der Waals surface area contributed by atoms with Crippen molar-refractivity contribution >= 4 is 5.97 Å². The van der Waals surface area contributed by atoms with Gasteiger partial charge in [0.25, 0.3) is 0 Å². The summed E-state index contributed by atoms with van der Waals surface area (Å²) < 4.78 is 10.3. The van der Waals surface area contributed by atoms with E-state index in [2.05, 4.69) is 4.98 Å². The zero-order valence-corrected chi connectivity index (χ0v) is 9.68. The number of carbonyl (C=O) groups is 1. The fourth-order valence-electron chi connectivity index (χ4n) is 2.10. The van der Waals surface area contributed by atoms with Crippen molar-refractivity contribution in [2.75, 3.05) is 20.3 Å². The summed E-state index contributed by atoms with van der Waals surface area (Å²) in [7, 11) is 1.55. The molecule has 0 bridgehead atoms. The average molecular weight is 237 g/mol. The molecule has 1 fully saturated rings. The minimum atomic E-state index is -0.938. The Hall–Kier alpha value is -1.62. The molecule has 0 saturated carbocycles. The molecule has 5 nitrogen and oxygen atoms in total. The molecule has 92 valence electrons. The normalized spacial score (nSPS) is 18.6. The van der Waals surface area contributed by atoms with E-state index in [0.717, 1.165) is 0 Å². The lowest BCUT2D eigenvalue weighted by atomic mass is 9.77. The molecule has 1 aliphatic rings. The minimum Gasteiger partial charge on any atom is -0.497 e. The van der Waals surface area contributed by atoms with Gasteiger partial charge in [0.1, 0.15) is 11.2 Å². The molecular formula is C12H15NO4. The molecule has 1 aromatic heterocycles. The van der Waals surface area contributed by atoms with Crippen LogP contribution in [0.1, 0.15) is 18.5 Å². The highest BCUT2D eigenvalue weighted by Crippen LogP contribution is 2.35. The molecule has 0 amide bonds. The van der Waals surface area contributed by atoms with Crippen LogP contribution in [0.5, 0.6) is 5.75 Å². The second-order valence-electron chi connectivity index (χ2n) is 4.08. The molecule has 2 heterocycles. The van der Waals surface area contributed by atoms with Gasteiger partial charge in [-0.05, 0) is 18.9 Å². The number of nitrogens with zero attached hydrogens (tertiary/aromatic N) is 1. The molecule has 0 unspecified atom stereocenters. The summed E-state index contributed by atoms with van der Waals surface area (Å²) in [5, 5.41) is 9.47. The molecule has 0 atom stereocenters. The number of carboxylic acid groups (broad SMARTS) is 1. The largest absolute Gasteiger partial charge is 0.497 e. The molecule has 1 saturated heterocycles. The van der Waals surface area contributed by atoms with Crippen LogP contribution in [0.2, 0.25) is 0 Å². The molecule has 1 aromatic rings. The Morgan fingerprint density at radius 2 is 2.24 bits per heavy atom. The van der Waals surface area contributed by atoms with Crippen molar-refractivity contribution in [1.82, 2.24) is 4.98 Å². The fourth-order valence-corrected chi connectivity index (χ4v) is 2.10. The zero-order valence-electron chi connectivity index (χ0n) is 9.68. The molecule has 0 spiro atoms. The Labute approximate surface area is 99.4 Å². The molecule has 17 heavy (non-hydrogen) atoms. The van der Waals surface area contributed by atoms with E-state index in [9.17, 15) is 9.90 Å². The second kappa shape index (κ2) is 4.71. The van der Waals surface area contributed by atoms with Gasteiger partial charge in [-0.1, -0.05) is 0 Å². The van der Waals surface area contributed by atoms with E-state index in [1.807, 2.05) is 0 Å². The van der Waals surface area contributed by atoms with E-state index < -0.39 is 11.4 Å². The molecule has 1 aliphatic heterocycles. The van der Waals surface area contributed by atoms with Crippen LogP contribution in [0.3, 0.4) is 0 Å². The number of methoxy groups -OCH3 is 1. The second-order valence-corrected chi connectivity index (χ2v) is 4.08. The van der Waals surface area contributed by atoms with Crippen LogP contribution in [-0.2, 0) is 14.9 Å². The first kappa shape index (κ1) is 11.9. The summed E-state index contributed by atoms with van der Waals surface area (Å²) in [6.45, 7) is 0.899. The summed E-state index contributed by atoms with van der Waals surface area (Å²) in [6.07, 6.45) is 2.47. The highest BCUT2D eigenvalue weighted by Gasteiger charge is 2.43. The van der Waals surface area contributed by atoms with Gasteiger partial charge in [-0.15, -0.1) is 0 Å². The SMILES string of the molecule is COc1ccnc(C2(C(=O)O)CCOCC2)c1. The molecule has 5 heteroatoms. The van der Waals surface area contributed by atoms with E-state index in [-0.39, 0.29) is 0 Å². The van der Waals surface area contributed by atoms with Crippen molar-refractivity contribution in [2.45, 2.75) is 18.3 Å². The third kappa shape index (κ3) is 2.10. The van der Waals surface area contributed by atoms with Gasteiger partial charge in [0, 0.05) is 25.5 Å². The van der Waals surface area contributed by atoms with Crippen LogP contribution in [0.25, 0.3) is 0 Å². The summed E-state index contributed by atoms with van der Waals surface area (Å²) >= 11 is 0. The summed E-state index contributed by atoms with van der Waals surface area (Å²) in [5.74, 6) is -0.219. The number of pyridine rings is 1. The standard InChI is InChI=1S/C12H15NO4/c1-16-9-2-5-13-10(8-9)12(11(14)15)3-6-17-7-4-12/h2,5,8H,3-4,6-7H2,1H3,(H,14,15). The topological polar surface area (TPSA) is 68.7 Å². The highest BCUT2D eigenvalue weighted by molar-refractivity contribution is 5.81. The van der Waals surface area contributed by atoms with Crippen molar-refractivity contribution in [3.05, 3.63) is 24.0 Å². The Bertz CT molecular complexity index is 413. The average Bonchev–Trinajstić information content (AvgIpc) is 2.39. The van der Waals surface area contributed by atoms with Crippen LogP contribution >= 0.6 is 0 Å². The molecule has 0 radical (unpaired) electrons. The van der Waals surface area contributed by atoms with Crippen molar-refractivity contribution in [2.24, 2.45) is 0 Å². The third-order valence-electron chi connectivity index (χ3n) is 3.21. The van der Waals surface area contributed by atoms with E-state index in [4.69, 9.17) is 9.47 Å². The number of hydrogen-bond acceptors (Lipinski definition) is 4. The predicted molar refractivity (Wildman–Crippen MR) is 60.2 cm³/mol. The van der Waals surface area contributed by atoms with Crippen LogP contribution in [0, 0.1) is 0 Å². The number of aliphatic carboxylic acids is 1. The van der Waals surface area contributed by atoms with E-state index in [0.29, 0.717) is 37.5 Å². The van der Waals surface area contributed by atoms with Gasteiger partial charge in [0.05, 0.1) is 12.8 Å². The quantitative estimate of drug-likeness (QED) is 0.856. The Kier molecular flexibility index (Phi) is 3.28. The van der Waals surface area contributed by atoms with Crippen LogP contribution in [0.4, 0.5) is 0 Å². The first-order chi connectivity index (χ1) is 8.19. The highest BCUT2D eigenvalue weighted by atomic mass is 16.5. The monoisotopic (exact) mass is 237 g/mol. The first-order valence-corrected chi connectivity index (χ1v) is 5.51. The van der Waals surface area contributed by atoms with Gasteiger partial charge in [-0.3, -0.25) is 9.78 Å². The predicted octanol–water partition coefficient (Wildman–Crippen LogP) is 1.22. The Balaban J connectivity index is 2.41. The van der Waals surface area contributed by atoms with Crippen molar-refractivity contribution in [3.8, 4) is 5.75 Å². The summed E-state index contributed by atoms with van der Waals surface area (Å²) in [5.41, 5.74) is -0.389. The number of aromatic nitrogens is 1. The maximum atomic E-state index is 11.5. The summed E-state index contributed by atoms with van der Waals surface area (Å²) in [6, 6.07) is 3.40. The number of rotatable bonds is 3. The first-order valence-electron chi connectivity index (χ1n) is 5.51. The van der Waals surface area contributed by atoms with Crippen molar-refractivity contribution in [3.63, 3.8) is 0 Å². The molecular weight excluding hydrogens is 222 g/mol. The van der Waals surface area contributed by atoms with Gasteiger partial charge in [-0.2, -0.15) is 0 Å². The Morgan fingerprint density at radius 1 is 1.53 bits per heavy atom. The van der Waals surface area contributed by atoms with Gasteiger partial charge in [0.15, 0.2) is 0 Å². The Morgan fingerprint density at radius 3 is 2.82 bits per heavy atom. The number of ether oxygens (including phenoxy) is 2. The minimum absolute atomic E-state index is 0.447. The number of hydrogen-bond donors (Lipinski definition) is 1. The van der Waals surface area contributed by atoms with E-state index in [1.54, 1.807) is 25.4 Å². The smallest absolute Gasteiger partial charge is 0.315 e. The maximum Gasteiger partial charge on any atom is 0.315 e. The summed E-state index contributed by atoms with van der Waals surface area (Å²) in [4.78, 5) is 15.7. The lowest BCUT2D eigenvalue weighted by Crippen LogP contribution is -2.42. The lowest BCUT2D eigenvalue weighted by molar-refractivity contribution is -0.148. The lowest BCUT2D eigenvalue weighted by Gasteiger charge is -2.32. The number of carboxylic acids is 1. The maximum absolute atomic E-state index is 11.5. The molecule has 0 aromatic carbocycles.